The van der Waals surface area contributed by atoms with Crippen LogP contribution in [0, 0.1) is 17.8 Å². The minimum absolute atomic E-state index is 0. The van der Waals surface area contributed by atoms with Crippen LogP contribution in [0.4, 0.5) is 0 Å². The second kappa shape index (κ2) is 4.99. The van der Waals surface area contributed by atoms with Crippen LogP contribution < -0.4 is 5.73 Å². The number of aromatic nitrogens is 2. The third-order valence-corrected chi connectivity index (χ3v) is 5.71. The molecule has 112 valence electrons. The van der Waals surface area contributed by atoms with Crippen LogP contribution >= 0.6 is 12.4 Å². The molecule has 0 saturated heterocycles. The van der Waals surface area contributed by atoms with E-state index in [-0.39, 0.29) is 23.9 Å². The molecule has 4 nitrogen and oxygen atoms in total. The number of rotatable bonds is 3. The van der Waals surface area contributed by atoms with Gasteiger partial charge in [0.05, 0.1) is 6.04 Å². The Balaban J connectivity index is 0.00000121. The fraction of sp³-hybridized carbons (Fsp3) is 0.867. The number of halogens is 1. The maximum atomic E-state index is 6.00. The van der Waals surface area contributed by atoms with Crippen molar-refractivity contribution in [3.8, 4) is 0 Å². The first-order valence-corrected chi connectivity index (χ1v) is 7.78. The summed E-state index contributed by atoms with van der Waals surface area (Å²) in [6.45, 7) is 2.05. The Hall–Kier alpha value is -0.610. The van der Waals surface area contributed by atoms with Crippen LogP contribution in [0.3, 0.4) is 0 Å². The van der Waals surface area contributed by atoms with E-state index in [2.05, 4.69) is 17.1 Å². The first kappa shape index (κ1) is 14.3. The van der Waals surface area contributed by atoms with Gasteiger partial charge in [0.2, 0.25) is 5.89 Å². The largest absolute Gasteiger partial charge is 0.338 e. The van der Waals surface area contributed by atoms with E-state index in [1.54, 1.807) is 0 Å². The Labute approximate surface area is 126 Å². The lowest BCUT2D eigenvalue weighted by molar-refractivity contribution is -0.0103. The van der Waals surface area contributed by atoms with Gasteiger partial charge in [-0.1, -0.05) is 12.1 Å². The molecule has 20 heavy (non-hydrogen) atoms. The average molecular weight is 298 g/mol. The summed E-state index contributed by atoms with van der Waals surface area (Å²) in [5, 5.41) is 4.31. The normalized spacial score (nSPS) is 39.6. The quantitative estimate of drug-likeness (QED) is 0.929. The Kier molecular flexibility index (Phi) is 3.57. The van der Waals surface area contributed by atoms with E-state index in [0.717, 1.165) is 30.0 Å². The molecule has 0 aromatic carbocycles. The van der Waals surface area contributed by atoms with E-state index < -0.39 is 0 Å². The van der Waals surface area contributed by atoms with Gasteiger partial charge in [-0.3, -0.25) is 0 Å². The summed E-state index contributed by atoms with van der Waals surface area (Å²) in [6.07, 6.45) is 9.01. The SMILES string of the molecule is CC[C@H](N)c1nc(C23CC4CC(CC(C4)C2)C3)no1.Cl. The van der Waals surface area contributed by atoms with Crippen molar-refractivity contribution in [2.24, 2.45) is 23.5 Å². The predicted octanol–water partition coefficient (Wildman–Crippen LogP) is 3.37. The topological polar surface area (TPSA) is 64.9 Å². The smallest absolute Gasteiger partial charge is 0.243 e. The predicted molar refractivity (Wildman–Crippen MR) is 78.6 cm³/mol. The summed E-state index contributed by atoms with van der Waals surface area (Å²) < 4.78 is 5.42. The Morgan fingerprint density at radius 1 is 1.20 bits per heavy atom. The van der Waals surface area contributed by atoms with Gasteiger partial charge in [-0.25, -0.2) is 0 Å². The second-order valence-electron chi connectivity index (χ2n) is 7.17. The first-order valence-electron chi connectivity index (χ1n) is 7.78. The van der Waals surface area contributed by atoms with Gasteiger partial charge in [-0.05, 0) is 62.7 Å². The van der Waals surface area contributed by atoms with Gasteiger partial charge in [-0.2, -0.15) is 4.98 Å². The highest BCUT2D eigenvalue weighted by atomic mass is 35.5. The molecule has 0 radical (unpaired) electrons. The summed E-state index contributed by atoms with van der Waals surface area (Å²) in [6, 6.07) is -0.102. The lowest BCUT2D eigenvalue weighted by atomic mass is 9.49. The van der Waals surface area contributed by atoms with Crippen LogP contribution in [0.5, 0.6) is 0 Å². The molecule has 0 spiro atoms. The number of hydrogen-bond acceptors (Lipinski definition) is 4. The van der Waals surface area contributed by atoms with Crippen molar-refractivity contribution in [1.82, 2.24) is 10.1 Å². The molecule has 1 heterocycles. The minimum atomic E-state index is -0.102. The molecule has 0 aliphatic heterocycles. The molecule has 1 atom stereocenters. The van der Waals surface area contributed by atoms with Crippen LogP contribution in [-0.2, 0) is 5.41 Å². The zero-order valence-electron chi connectivity index (χ0n) is 12.0. The Morgan fingerprint density at radius 3 is 2.25 bits per heavy atom. The number of nitrogens with zero attached hydrogens (tertiary/aromatic N) is 2. The third kappa shape index (κ3) is 2.08. The molecule has 0 unspecified atom stereocenters. The van der Waals surface area contributed by atoms with Gasteiger partial charge in [-0.15, -0.1) is 12.4 Å². The van der Waals surface area contributed by atoms with Crippen LogP contribution in [-0.4, -0.2) is 10.1 Å². The van der Waals surface area contributed by atoms with Crippen molar-refractivity contribution >= 4 is 12.4 Å². The fourth-order valence-electron chi connectivity index (χ4n) is 5.16. The molecular formula is C15H24ClN3O. The zero-order valence-corrected chi connectivity index (χ0v) is 12.9. The average Bonchev–Trinajstić information content (AvgIpc) is 2.86. The van der Waals surface area contributed by atoms with E-state index in [1.165, 1.54) is 38.5 Å². The lowest BCUT2D eigenvalue weighted by Gasteiger charge is -2.55. The van der Waals surface area contributed by atoms with Crippen LogP contribution in [0.25, 0.3) is 0 Å². The van der Waals surface area contributed by atoms with E-state index in [9.17, 15) is 0 Å². The molecule has 4 saturated carbocycles. The highest BCUT2D eigenvalue weighted by Gasteiger charge is 2.53. The van der Waals surface area contributed by atoms with Crippen molar-refractivity contribution in [3.63, 3.8) is 0 Å². The molecule has 4 aliphatic rings. The van der Waals surface area contributed by atoms with Crippen molar-refractivity contribution in [3.05, 3.63) is 11.7 Å². The highest BCUT2D eigenvalue weighted by molar-refractivity contribution is 5.85. The van der Waals surface area contributed by atoms with Gasteiger partial charge in [0.25, 0.3) is 0 Å². The van der Waals surface area contributed by atoms with Crippen molar-refractivity contribution in [2.45, 2.75) is 63.3 Å². The van der Waals surface area contributed by atoms with Crippen molar-refractivity contribution in [1.29, 1.82) is 0 Å². The molecule has 1 aromatic rings. The molecule has 1 aromatic heterocycles. The van der Waals surface area contributed by atoms with Gasteiger partial charge >= 0.3 is 0 Å². The molecule has 4 bridgehead atoms. The van der Waals surface area contributed by atoms with E-state index in [1.807, 2.05) is 0 Å². The number of hydrogen-bond donors (Lipinski definition) is 1. The fourth-order valence-corrected chi connectivity index (χ4v) is 5.16. The first-order chi connectivity index (χ1) is 9.18. The summed E-state index contributed by atoms with van der Waals surface area (Å²) in [5.41, 5.74) is 6.23. The molecule has 4 aliphatic carbocycles. The molecule has 2 N–H and O–H groups in total. The monoisotopic (exact) mass is 297 g/mol. The molecule has 0 amide bonds. The summed E-state index contributed by atoms with van der Waals surface area (Å²) >= 11 is 0. The van der Waals surface area contributed by atoms with Crippen LogP contribution in [0.15, 0.2) is 4.52 Å². The van der Waals surface area contributed by atoms with Gasteiger partial charge < -0.3 is 10.3 Å². The van der Waals surface area contributed by atoms with Gasteiger partial charge in [0.1, 0.15) is 0 Å². The molecular weight excluding hydrogens is 274 g/mol. The number of nitrogens with two attached hydrogens (primary N) is 1. The molecule has 5 heteroatoms. The Bertz CT molecular complexity index is 452. The van der Waals surface area contributed by atoms with Gasteiger partial charge in [0.15, 0.2) is 5.82 Å². The maximum absolute atomic E-state index is 6.00. The van der Waals surface area contributed by atoms with Crippen molar-refractivity contribution in [2.75, 3.05) is 0 Å². The van der Waals surface area contributed by atoms with E-state index in [4.69, 9.17) is 10.3 Å². The summed E-state index contributed by atoms with van der Waals surface area (Å²) in [7, 11) is 0. The van der Waals surface area contributed by atoms with E-state index >= 15 is 0 Å². The zero-order chi connectivity index (χ0) is 13.0. The lowest BCUT2D eigenvalue weighted by Crippen LogP contribution is -2.49. The minimum Gasteiger partial charge on any atom is -0.338 e. The van der Waals surface area contributed by atoms with E-state index in [0.29, 0.717) is 5.89 Å². The standard InChI is InChI=1S/C15H23N3O.ClH/c1-2-12(16)13-17-14(18-19-13)15-6-9-3-10(7-15)5-11(4-9)8-15;/h9-12H,2-8,16H2,1H3;1H/t9?,10?,11?,12-,15?;/m0./s1. The van der Waals surface area contributed by atoms with Crippen LogP contribution in [0.1, 0.15) is 69.6 Å². The molecule has 5 rings (SSSR count). The summed E-state index contributed by atoms with van der Waals surface area (Å²) in [5.74, 6) is 4.33. The summed E-state index contributed by atoms with van der Waals surface area (Å²) in [4.78, 5) is 4.67. The van der Waals surface area contributed by atoms with Crippen LogP contribution in [0.2, 0.25) is 0 Å². The Morgan fingerprint density at radius 2 is 1.75 bits per heavy atom. The second-order valence-corrected chi connectivity index (χ2v) is 7.17. The third-order valence-electron chi connectivity index (χ3n) is 5.71. The molecule has 4 fully saturated rings. The van der Waals surface area contributed by atoms with Gasteiger partial charge in [0, 0.05) is 5.41 Å². The van der Waals surface area contributed by atoms with Crippen molar-refractivity contribution < 1.29 is 4.52 Å². The maximum Gasteiger partial charge on any atom is 0.243 e. The highest BCUT2D eigenvalue weighted by Crippen LogP contribution is 2.60.